The molecule has 0 saturated carbocycles. The van der Waals surface area contributed by atoms with Crippen molar-refractivity contribution in [3.63, 3.8) is 0 Å². The predicted molar refractivity (Wildman–Crippen MR) is 89.4 cm³/mol. The normalized spacial score (nSPS) is 15.5. The number of pyridine rings is 1. The highest BCUT2D eigenvalue weighted by molar-refractivity contribution is 9.10. The second-order valence-corrected chi connectivity index (χ2v) is 6.15. The van der Waals surface area contributed by atoms with E-state index < -0.39 is 0 Å². The zero-order valence-corrected chi connectivity index (χ0v) is 13.5. The first kappa shape index (κ1) is 13.5. The standard InChI is InChI=1S/C15H15BrN6/c16-12-1-2-13(18-11-12)20-7-9-21(10-8-20)15-4-3-14-17-5-6-22(14)19-15/h1-6,11H,7-10H2. The Morgan fingerprint density at radius 3 is 2.32 bits per heavy atom. The van der Waals surface area contributed by atoms with Crippen molar-refractivity contribution in [3.8, 4) is 0 Å². The van der Waals surface area contributed by atoms with Crippen LogP contribution in [-0.4, -0.2) is 45.8 Å². The summed E-state index contributed by atoms with van der Waals surface area (Å²) in [6, 6.07) is 8.12. The van der Waals surface area contributed by atoms with Crippen molar-refractivity contribution < 1.29 is 0 Å². The number of fused-ring (bicyclic) bond motifs is 1. The molecule has 1 saturated heterocycles. The fourth-order valence-corrected chi connectivity index (χ4v) is 2.93. The number of imidazole rings is 1. The highest BCUT2D eigenvalue weighted by atomic mass is 79.9. The number of aromatic nitrogens is 4. The maximum Gasteiger partial charge on any atom is 0.153 e. The highest BCUT2D eigenvalue weighted by Gasteiger charge is 2.19. The van der Waals surface area contributed by atoms with Crippen molar-refractivity contribution in [3.05, 3.63) is 47.3 Å². The Balaban J connectivity index is 1.47. The summed E-state index contributed by atoms with van der Waals surface area (Å²) in [6.07, 6.45) is 5.49. The van der Waals surface area contributed by atoms with Gasteiger partial charge in [-0.3, -0.25) is 0 Å². The molecule has 0 aromatic carbocycles. The number of halogens is 1. The van der Waals surface area contributed by atoms with E-state index in [-0.39, 0.29) is 0 Å². The Labute approximate surface area is 136 Å². The summed E-state index contributed by atoms with van der Waals surface area (Å²) in [5.41, 5.74) is 0.876. The molecule has 22 heavy (non-hydrogen) atoms. The van der Waals surface area contributed by atoms with Gasteiger partial charge in [0.2, 0.25) is 0 Å². The lowest BCUT2D eigenvalue weighted by atomic mass is 10.3. The van der Waals surface area contributed by atoms with E-state index in [0.717, 1.165) is 47.9 Å². The van der Waals surface area contributed by atoms with Gasteiger partial charge in [0.15, 0.2) is 5.65 Å². The Hall–Kier alpha value is -2.15. The van der Waals surface area contributed by atoms with Crippen molar-refractivity contribution >= 4 is 33.2 Å². The fourth-order valence-electron chi connectivity index (χ4n) is 2.69. The molecule has 4 rings (SSSR count). The summed E-state index contributed by atoms with van der Waals surface area (Å²) in [4.78, 5) is 13.3. The quantitative estimate of drug-likeness (QED) is 0.702. The molecule has 0 unspecified atom stereocenters. The average molecular weight is 359 g/mol. The Morgan fingerprint density at radius 1 is 0.864 bits per heavy atom. The molecular formula is C15H15BrN6. The van der Waals surface area contributed by atoms with Gasteiger partial charge >= 0.3 is 0 Å². The zero-order valence-electron chi connectivity index (χ0n) is 11.9. The van der Waals surface area contributed by atoms with Gasteiger partial charge in [-0.2, -0.15) is 0 Å². The fraction of sp³-hybridized carbons (Fsp3) is 0.267. The van der Waals surface area contributed by atoms with E-state index in [1.165, 1.54) is 0 Å². The van der Waals surface area contributed by atoms with Crippen LogP contribution in [0.5, 0.6) is 0 Å². The minimum Gasteiger partial charge on any atom is -0.353 e. The lowest BCUT2D eigenvalue weighted by Crippen LogP contribution is -2.47. The van der Waals surface area contributed by atoms with Gasteiger partial charge < -0.3 is 9.80 Å². The maximum atomic E-state index is 4.61. The number of anilines is 2. The molecule has 0 atom stereocenters. The van der Waals surface area contributed by atoms with E-state index in [1.807, 2.05) is 35.1 Å². The van der Waals surface area contributed by atoms with Crippen molar-refractivity contribution in [2.45, 2.75) is 0 Å². The molecule has 1 fully saturated rings. The van der Waals surface area contributed by atoms with Crippen LogP contribution in [0.15, 0.2) is 47.3 Å². The van der Waals surface area contributed by atoms with Gasteiger partial charge in [0, 0.05) is 49.2 Å². The molecule has 1 aliphatic heterocycles. The molecule has 0 N–H and O–H groups in total. The first-order valence-electron chi connectivity index (χ1n) is 7.21. The molecule has 6 nitrogen and oxygen atoms in total. The number of hydrogen-bond donors (Lipinski definition) is 0. The van der Waals surface area contributed by atoms with E-state index in [4.69, 9.17) is 0 Å². The smallest absolute Gasteiger partial charge is 0.153 e. The minimum absolute atomic E-state index is 0.876. The molecule has 1 aliphatic rings. The molecule has 4 heterocycles. The molecule has 7 heteroatoms. The highest BCUT2D eigenvalue weighted by Crippen LogP contribution is 2.19. The van der Waals surface area contributed by atoms with E-state index in [1.54, 1.807) is 6.20 Å². The largest absolute Gasteiger partial charge is 0.353 e. The van der Waals surface area contributed by atoms with Crippen molar-refractivity contribution in [2.24, 2.45) is 0 Å². The van der Waals surface area contributed by atoms with Gasteiger partial charge in [-0.15, -0.1) is 5.10 Å². The summed E-state index contributed by atoms with van der Waals surface area (Å²) >= 11 is 3.42. The average Bonchev–Trinajstić information content (AvgIpc) is 3.03. The first-order chi connectivity index (χ1) is 10.8. The molecule has 112 valence electrons. The van der Waals surface area contributed by atoms with Crippen LogP contribution in [0.1, 0.15) is 0 Å². The van der Waals surface area contributed by atoms with Crippen molar-refractivity contribution in [1.29, 1.82) is 0 Å². The number of rotatable bonds is 2. The van der Waals surface area contributed by atoms with E-state index in [9.17, 15) is 0 Å². The van der Waals surface area contributed by atoms with Gasteiger partial charge in [0.25, 0.3) is 0 Å². The molecule has 0 amide bonds. The van der Waals surface area contributed by atoms with Gasteiger partial charge in [-0.1, -0.05) is 0 Å². The SMILES string of the molecule is Brc1ccc(N2CCN(c3ccc4nccn4n3)CC2)nc1. The van der Waals surface area contributed by atoms with Crippen LogP contribution in [0, 0.1) is 0 Å². The molecule has 0 radical (unpaired) electrons. The van der Waals surface area contributed by atoms with E-state index >= 15 is 0 Å². The van der Waals surface area contributed by atoms with Gasteiger partial charge in [-0.05, 0) is 40.2 Å². The van der Waals surface area contributed by atoms with Gasteiger partial charge in [0.05, 0.1) is 0 Å². The monoisotopic (exact) mass is 358 g/mol. The predicted octanol–water partition coefficient (Wildman–Crippen LogP) is 2.21. The number of hydrogen-bond acceptors (Lipinski definition) is 5. The maximum absolute atomic E-state index is 4.61. The third-order valence-corrected chi connectivity index (χ3v) is 4.35. The van der Waals surface area contributed by atoms with Crippen LogP contribution in [0.3, 0.4) is 0 Å². The Morgan fingerprint density at radius 2 is 1.59 bits per heavy atom. The van der Waals surface area contributed by atoms with Crippen molar-refractivity contribution in [1.82, 2.24) is 19.6 Å². The van der Waals surface area contributed by atoms with Gasteiger partial charge in [-0.25, -0.2) is 14.5 Å². The summed E-state index contributed by atoms with van der Waals surface area (Å²) in [6.45, 7) is 3.76. The van der Waals surface area contributed by atoms with E-state index in [0.29, 0.717) is 0 Å². The third-order valence-electron chi connectivity index (χ3n) is 3.88. The third kappa shape index (κ3) is 2.52. The number of piperazine rings is 1. The summed E-state index contributed by atoms with van der Waals surface area (Å²) in [5.74, 6) is 2.02. The topological polar surface area (TPSA) is 49.6 Å². The number of nitrogens with zero attached hydrogens (tertiary/aromatic N) is 6. The molecule has 3 aromatic heterocycles. The molecule has 3 aromatic rings. The van der Waals surface area contributed by atoms with Crippen LogP contribution < -0.4 is 9.80 Å². The van der Waals surface area contributed by atoms with Crippen LogP contribution in [0.4, 0.5) is 11.6 Å². The zero-order chi connectivity index (χ0) is 14.9. The summed E-state index contributed by atoms with van der Waals surface area (Å²) < 4.78 is 2.82. The molecule has 0 bridgehead atoms. The van der Waals surface area contributed by atoms with Crippen molar-refractivity contribution in [2.75, 3.05) is 36.0 Å². The first-order valence-corrected chi connectivity index (χ1v) is 8.01. The van der Waals surface area contributed by atoms with Crippen LogP contribution in [-0.2, 0) is 0 Å². The van der Waals surface area contributed by atoms with Gasteiger partial charge in [0.1, 0.15) is 11.6 Å². The van der Waals surface area contributed by atoms with E-state index in [2.05, 4.69) is 46.9 Å². The summed E-state index contributed by atoms with van der Waals surface area (Å²) in [5, 5.41) is 4.61. The Kier molecular flexibility index (Phi) is 3.42. The van der Waals surface area contributed by atoms with Crippen LogP contribution in [0.25, 0.3) is 5.65 Å². The lowest BCUT2D eigenvalue weighted by Gasteiger charge is -2.35. The Bertz CT molecular complexity index is 776. The second-order valence-electron chi connectivity index (χ2n) is 5.23. The minimum atomic E-state index is 0.876. The summed E-state index contributed by atoms with van der Waals surface area (Å²) in [7, 11) is 0. The lowest BCUT2D eigenvalue weighted by molar-refractivity contribution is 0.636. The second kappa shape index (κ2) is 5.57. The van der Waals surface area contributed by atoms with Crippen LogP contribution in [0.2, 0.25) is 0 Å². The molecule has 0 spiro atoms. The van der Waals surface area contributed by atoms with Crippen LogP contribution >= 0.6 is 15.9 Å². The molecular weight excluding hydrogens is 344 g/mol. The molecule has 0 aliphatic carbocycles.